The monoisotopic (exact) mass is 384 g/mol. The molecule has 0 radical (unpaired) electrons. The average Bonchev–Trinajstić information content (AvgIpc) is 2.26. The predicted octanol–water partition coefficient (Wildman–Crippen LogP) is 3.72. The second kappa shape index (κ2) is 8.87. The molecule has 1 atom stereocenters. The summed E-state index contributed by atoms with van der Waals surface area (Å²) in [6.45, 7) is 8.85. The Morgan fingerprint density at radius 3 is 2.39 bits per heavy atom. The molecule has 0 saturated carbocycles. The third kappa shape index (κ3) is 6.15. The SMILES string of the molecule is C/C=C(/Cl)N=C(C)C(N(C)I)N(C=N)CC(C)C. The Labute approximate surface area is 129 Å². The van der Waals surface area contributed by atoms with Gasteiger partial charge < -0.3 is 4.90 Å². The first kappa shape index (κ1) is 17.9. The van der Waals surface area contributed by atoms with Gasteiger partial charge >= 0.3 is 0 Å². The first-order valence-corrected chi connectivity index (χ1v) is 7.19. The number of hydrogen-bond acceptors (Lipinski definition) is 3. The van der Waals surface area contributed by atoms with Gasteiger partial charge in [-0.15, -0.1) is 0 Å². The van der Waals surface area contributed by atoms with Crippen molar-refractivity contribution in [2.45, 2.75) is 33.9 Å². The van der Waals surface area contributed by atoms with Gasteiger partial charge in [-0.05, 0) is 26.8 Å². The lowest BCUT2D eigenvalue weighted by Gasteiger charge is -2.34. The van der Waals surface area contributed by atoms with Crippen molar-refractivity contribution in [2.24, 2.45) is 10.9 Å². The van der Waals surface area contributed by atoms with Crippen LogP contribution in [-0.4, -0.2) is 39.8 Å². The van der Waals surface area contributed by atoms with Gasteiger partial charge in [0.05, 0.1) is 12.1 Å². The van der Waals surface area contributed by atoms with E-state index in [1.54, 1.807) is 6.08 Å². The number of hydrogen-bond donors (Lipinski definition) is 1. The molecule has 1 N–H and O–H groups in total. The van der Waals surface area contributed by atoms with Crippen molar-refractivity contribution in [3.8, 4) is 0 Å². The lowest BCUT2D eigenvalue weighted by Crippen LogP contribution is -2.48. The van der Waals surface area contributed by atoms with Crippen LogP contribution in [0.25, 0.3) is 0 Å². The highest BCUT2D eigenvalue weighted by Crippen LogP contribution is 2.14. The number of nitrogens with one attached hydrogen (secondary N) is 1. The van der Waals surface area contributed by atoms with Gasteiger partial charge in [0, 0.05) is 29.4 Å². The van der Waals surface area contributed by atoms with E-state index in [0.29, 0.717) is 11.1 Å². The Kier molecular flexibility index (Phi) is 8.81. The Morgan fingerprint density at radius 2 is 2.06 bits per heavy atom. The van der Waals surface area contributed by atoms with E-state index >= 15 is 0 Å². The van der Waals surface area contributed by atoms with Gasteiger partial charge in [0.2, 0.25) is 0 Å². The minimum Gasteiger partial charge on any atom is -0.341 e. The minimum atomic E-state index is -0.0563. The van der Waals surface area contributed by atoms with Crippen LogP contribution in [0.4, 0.5) is 0 Å². The molecule has 0 heterocycles. The Morgan fingerprint density at radius 1 is 1.50 bits per heavy atom. The standard InChI is InChI=1S/C12H22ClIN4/c1-6-11(13)16-10(4)12(17(5)14)18(8-15)7-9(2)3/h6,8-9,12,15H,7H2,1-5H3/b11-6-,15-8?,16-10?. The number of nitrogens with zero attached hydrogens (tertiary/aromatic N) is 3. The largest absolute Gasteiger partial charge is 0.341 e. The quantitative estimate of drug-likeness (QED) is 0.181. The molecule has 0 rings (SSSR count). The maximum absolute atomic E-state index is 7.57. The van der Waals surface area contributed by atoms with Crippen molar-refractivity contribution < 1.29 is 0 Å². The summed E-state index contributed by atoms with van der Waals surface area (Å²) in [5.41, 5.74) is 0.874. The van der Waals surface area contributed by atoms with E-state index in [2.05, 4.69) is 41.7 Å². The van der Waals surface area contributed by atoms with Crippen LogP contribution in [0.3, 0.4) is 0 Å². The highest BCUT2D eigenvalue weighted by molar-refractivity contribution is 14.1. The van der Waals surface area contributed by atoms with E-state index in [9.17, 15) is 0 Å². The summed E-state index contributed by atoms with van der Waals surface area (Å²) in [6.07, 6.45) is 3.06. The van der Waals surface area contributed by atoms with Gasteiger partial charge in [-0.2, -0.15) is 0 Å². The molecule has 0 aliphatic heterocycles. The molecule has 4 nitrogen and oxygen atoms in total. The van der Waals surface area contributed by atoms with E-state index in [1.165, 1.54) is 6.34 Å². The topological polar surface area (TPSA) is 42.7 Å². The Balaban J connectivity index is 5.16. The molecule has 0 bridgehead atoms. The van der Waals surface area contributed by atoms with Crippen molar-refractivity contribution in [3.05, 3.63) is 11.2 Å². The van der Waals surface area contributed by atoms with Crippen LogP contribution in [0.5, 0.6) is 0 Å². The summed E-state index contributed by atoms with van der Waals surface area (Å²) in [7, 11) is 1.96. The predicted molar refractivity (Wildman–Crippen MR) is 88.6 cm³/mol. The zero-order valence-electron chi connectivity index (χ0n) is 11.6. The van der Waals surface area contributed by atoms with Crippen LogP contribution in [0.15, 0.2) is 16.2 Å². The molecule has 0 amide bonds. The van der Waals surface area contributed by atoms with Crippen molar-refractivity contribution >= 4 is 46.5 Å². The third-order valence-corrected chi connectivity index (χ3v) is 3.12. The summed E-state index contributed by atoms with van der Waals surface area (Å²) in [5.74, 6) is 0.482. The molecule has 0 spiro atoms. The highest BCUT2D eigenvalue weighted by Gasteiger charge is 2.23. The summed E-state index contributed by atoms with van der Waals surface area (Å²) in [5, 5.41) is 8.04. The van der Waals surface area contributed by atoms with Crippen LogP contribution in [-0.2, 0) is 0 Å². The van der Waals surface area contributed by atoms with Crippen molar-refractivity contribution in [1.29, 1.82) is 5.41 Å². The summed E-state index contributed by atoms with van der Waals surface area (Å²) < 4.78 is 2.00. The molecule has 0 aromatic rings. The van der Waals surface area contributed by atoms with Crippen LogP contribution < -0.4 is 0 Å². The maximum atomic E-state index is 7.57. The molecule has 104 valence electrons. The van der Waals surface area contributed by atoms with Crippen molar-refractivity contribution in [1.82, 2.24) is 8.01 Å². The molecule has 0 aromatic heterocycles. The molecular formula is C12H22ClIN4. The van der Waals surface area contributed by atoms with Crippen molar-refractivity contribution in [3.63, 3.8) is 0 Å². The van der Waals surface area contributed by atoms with Gasteiger partial charge in [0.25, 0.3) is 0 Å². The molecule has 6 heteroatoms. The average molecular weight is 385 g/mol. The van der Waals surface area contributed by atoms with E-state index in [0.717, 1.165) is 12.3 Å². The van der Waals surface area contributed by atoms with Gasteiger partial charge in [0.15, 0.2) is 0 Å². The first-order valence-electron chi connectivity index (χ1n) is 5.85. The molecule has 0 saturated heterocycles. The van der Waals surface area contributed by atoms with Crippen LogP contribution in [0.1, 0.15) is 27.7 Å². The van der Waals surface area contributed by atoms with Crippen molar-refractivity contribution in [2.75, 3.05) is 13.6 Å². The Bertz CT molecular complexity index is 326. The summed E-state index contributed by atoms with van der Waals surface area (Å²) >= 11 is 8.15. The molecule has 1 unspecified atom stereocenters. The van der Waals surface area contributed by atoms with E-state index in [-0.39, 0.29) is 6.17 Å². The maximum Gasteiger partial charge on any atom is 0.130 e. The zero-order chi connectivity index (χ0) is 14.3. The van der Waals surface area contributed by atoms with Crippen LogP contribution in [0.2, 0.25) is 0 Å². The van der Waals surface area contributed by atoms with Crippen LogP contribution in [0, 0.1) is 11.3 Å². The van der Waals surface area contributed by atoms with Gasteiger partial charge in [-0.1, -0.05) is 31.5 Å². The zero-order valence-corrected chi connectivity index (χ0v) is 14.5. The normalized spacial score (nSPS) is 15.2. The Hall–Kier alpha value is -0.140. The van der Waals surface area contributed by atoms with Gasteiger partial charge in [-0.3, -0.25) is 5.41 Å². The van der Waals surface area contributed by atoms with E-state index in [4.69, 9.17) is 17.0 Å². The second-order valence-electron chi connectivity index (χ2n) is 4.48. The van der Waals surface area contributed by atoms with Gasteiger partial charge in [0.1, 0.15) is 11.3 Å². The number of halogens is 2. The van der Waals surface area contributed by atoms with E-state index < -0.39 is 0 Å². The fraction of sp³-hybridized carbons (Fsp3) is 0.667. The number of aliphatic imine (C=N–C) groups is 1. The number of allylic oxidation sites excluding steroid dienone is 1. The van der Waals surface area contributed by atoms with Crippen LogP contribution >= 0.6 is 34.5 Å². The van der Waals surface area contributed by atoms with E-state index in [1.807, 2.05) is 28.9 Å². The molecule has 18 heavy (non-hydrogen) atoms. The minimum absolute atomic E-state index is 0.0563. The first-order chi connectivity index (χ1) is 8.33. The summed E-state index contributed by atoms with van der Waals surface area (Å²) in [4.78, 5) is 6.30. The molecule has 0 fully saturated rings. The number of rotatable bonds is 7. The smallest absolute Gasteiger partial charge is 0.130 e. The lowest BCUT2D eigenvalue weighted by atomic mass is 10.2. The fourth-order valence-electron chi connectivity index (χ4n) is 1.64. The molecule has 0 aliphatic carbocycles. The second-order valence-corrected chi connectivity index (χ2v) is 6.39. The van der Waals surface area contributed by atoms with Gasteiger partial charge in [-0.25, -0.2) is 8.11 Å². The molecule has 0 aromatic carbocycles. The highest BCUT2D eigenvalue weighted by atomic mass is 127. The third-order valence-electron chi connectivity index (χ3n) is 2.29. The molecule has 0 aliphatic rings. The fourth-order valence-corrected chi connectivity index (χ4v) is 2.49. The summed E-state index contributed by atoms with van der Waals surface area (Å²) in [6, 6.07) is 0. The molecular weight excluding hydrogens is 363 g/mol. The lowest BCUT2D eigenvalue weighted by molar-refractivity contribution is 0.264.